The first-order chi connectivity index (χ1) is 20.1. The van der Waals surface area contributed by atoms with Crippen LogP contribution < -0.4 is 10.6 Å². The van der Waals surface area contributed by atoms with Gasteiger partial charge < -0.3 is 34.7 Å². The molecular weight excluding hydrogens is 572 g/mol. The number of hydrogen-bond acceptors (Lipinski definition) is 10. The summed E-state index contributed by atoms with van der Waals surface area (Å²) in [6.45, 7) is 21.6. The average Bonchev–Trinajstić information content (AvgIpc) is 2.80. The van der Waals surface area contributed by atoms with Crippen LogP contribution in [-0.2, 0) is 33.3 Å². The molecule has 0 spiro atoms. The maximum absolute atomic E-state index is 11.7. The Hall–Kier alpha value is -4.29. The van der Waals surface area contributed by atoms with Gasteiger partial charge in [-0.05, 0) is 48.0 Å². The van der Waals surface area contributed by atoms with E-state index in [9.17, 15) is 29.1 Å². The molecular formula is C32H50N2O10. The van der Waals surface area contributed by atoms with Crippen LogP contribution in [0.25, 0.3) is 0 Å². The Labute approximate surface area is 262 Å². The van der Waals surface area contributed by atoms with Crippen LogP contribution in [0.15, 0.2) is 25.3 Å². The van der Waals surface area contributed by atoms with Crippen molar-refractivity contribution >= 4 is 30.1 Å². The van der Waals surface area contributed by atoms with E-state index in [1.807, 2.05) is 0 Å². The summed E-state index contributed by atoms with van der Waals surface area (Å²) in [7, 11) is 0. The molecule has 0 heterocycles. The van der Waals surface area contributed by atoms with Crippen LogP contribution >= 0.6 is 0 Å². The topological polar surface area (TPSA) is 167 Å². The van der Waals surface area contributed by atoms with E-state index in [0.29, 0.717) is 12.8 Å². The minimum absolute atomic E-state index is 0.250. The van der Waals surface area contributed by atoms with Gasteiger partial charge >= 0.3 is 30.1 Å². The molecule has 248 valence electrons. The zero-order chi connectivity index (χ0) is 35.1. The number of ether oxygens (including phenoxy) is 4. The monoisotopic (exact) mass is 622 g/mol. The number of carbonyl (C=O) groups is 5. The van der Waals surface area contributed by atoms with Crippen molar-refractivity contribution < 1.29 is 48.0 Å². The summed E-state index contributed by atoms with van der Waals surface area (Å²) in [5, 5.41) is 14.8. The summed E-state index contributed by atoms with van der Waals surface area (Å²) < 4.78 is 19.3. The van der Waals surface area contributed by atoms with E-state index in [2.05, 4.69) is 40.4 Å². The Morgan fingerprint density at radius 1 is 0.750 bits per heavy atom. The number of nitrogens with one attached hydrogen (secondary N) is 2. The van der Waals surface area contributed by atoms with Crippen LogP contribution in [0.5, 0.6) is 0 Å². The van der Waals surface area contributed by atoms with E-state index in [1.54, 1.807) is 53.7 Å². The zero-order valence-electron chi connectivity index (χ0n) is 27.5. The number of terminal acetylenes is 2. The van der Waals surface area contributed by atoms with Crippen LogP contribution in [-0.4, -0.2) is 70.7 Å². The first kappa shape index (κ1) is 44.2. The largest absolute Gasteiger partial charge is 0.461 e. The van der Waals surface area contributed by atoms with Gasteiger partial charge in [-0.2, -0.15) is 0 Å². The van der Waals surface area contributed by atoms with Crippen LogP contribution in [0.3, 0.4) is 0 Å². The van der Waals surface area contributed by atoms with Crippen molar-refractivity contribution in [2.45, 2.75) is 123 Å². The fourth-order valence-electron chi connectivity index (χ4n) is 2.88. The third-order valence-corrected chi connectivity index (χ3v) is 4.34. The first-order valence-electron chi connectivity index (χ1n) is 13.7. The van der Waals surface area contributed by atoms with Crippen molar-refractivity contribution in [1.82, 2.24) is 10.6 Å². The summed E-state index contributed by atoms with van der Waals surface area (Å²) in [6.07, 6.45) is 12.4. The van der Waals surface area contributed by atoms with Crippen molar-refractivity contribution in [3.63, 3.8) is 0 Å². The smallest absolute Gasteiger partial charge is 0.408 e. The number of alkyl carbamates (subject to hydrolysis) is 2. The standard InChI is InChI=1S/C15H23NO4.C13H21NO3.C4H6O3/c1-7-9-13(19-11(3)17)10-12(8-2)16-14(18)20-15(4,5)6;1-6-8-11(15)9-10(7-2)14-12(16)17-13(3,4)5;1-3(5)7-4(2)6/h1,8,12-13H,2,9-10H2,3-6H3,(H,16,18);1,7,10-11,15H,2,8-9H2,3-5H3,(H,14,16);1-2H3/t12-,13-;10-,11-;/m11./s1. The summed E-state index contributed by atoms with van der Waals surface area (Å²) in [5.41, 5.74) is -1.13. The van der Waals surface area contributed by atoms with Gasteiger partial charge in [0.25, 0.3) is 0 Å². The highest BCUT2D eigenvalue weighted by Gasteiger charge is 2.22. The molecule has 0 radical (unpaired) electrons. The van der Waals surface area contributed by atoms with Crippen LogP contribution in [0, 0.1) is 24.7 Å². The van der Waals surface area contributed by atoms with Gasteiger partial charge in [-0.1, -0.05) is 12.2 Å². The van der Waals surface area contributed by atoms with Crippen LogP contribution in [0.1, 0.15) is 88.0 Å². The van der Waals surface area contributed by atoms with Crippen molar-refractivity contribution in [2.75, 3.05) is 0 Å². The van der Waals surface area contributed by atoms with Gasteiger partial charge in [0.1, 0.15) is 17.3 Å². The molecule has 3 N–H and O–H groups in total. The maximum atomic E-state index is 11.7. The Bertz CT molecular complexity index is 1010. The molecule has 0 aliphatic heterocycles. The molecule has 0 fully saturated rings. The minimum atomic E-state index is -0.655. The lowest BCUT2D eigenvalue weighted by molar-refractivity contribution is -0.156. The summed E-state index contributed by atoms with van der Waals surface area (Å²) in [6, 6.07) is -0.740. The molecule has 0 unspecified atom stereocenters. The van der Waals surface area contributed by atoms with Gasteiger partial charge in [0.05, 0.1) is 18.2 Å². The molecule has 0 aromatic rings. The third kappa shape index (κ3) is 32.2. The molecule has 4 atom stereocenters. The van der Waals surface area contributed by atoms with E-state index in [1.165, 1.54) is 20.8 Å². The predicted octanol–water partition coefficient (Wildman–Crippen LogP) is 4.35. The molecule has 12 nitrogen and oxygen atoms in total. The molecule has 0 aliphatic rings. The van der Waals surface area contributed by atoms with E-state index in [0.717, 1.165) is 0 Å². The lowest BCUT2D eigenvalue weighted by atomic mass is 10.1. The summed E-state index contributed by atoms with van der Waals surface area (Å²) >= 11 is 0. The van der Waals surface area contributed by atoms with Crippen LogP contribution in [0.2, 0.25) is 0 Å². The van der Waals surface area contributed by atoms with Gasteiger partial charge in [-0.25, -0.2) is 9.59 Å². The van der Waals surface area contributed by atoms with E-state index in [-0.39, 0.29) is 24.9 Å². The maximum Gasteiger partial charge on any atom is 0.408 e. The highest BCUT2D eigenvalue weighted by Crippen LogP contribution is 2.11. The van der Waals surface area contributed by atoms with Crippen molar-refractivity contribution in [1.29, 1.82) is 0 Å². The normalized spacial score (nSPS) is 12.9. The number of aliphatic hydroxyl groups is 1. The van der Waals surface area contributed by atoms with E-state index < -0.39 is 53.5 Å². The van der Waals surface area contributed by atoms with Crippen molar-refractivity contribution in [3.8, 4) is 24.7 Å². The minimum Gasteiger partial charge on any atom is -0.461 e. The van der Waals surface area contributed by atoms with Crippen LogP contribution in [0.4, 0.5) is 9.59 Å². The SMILES string of the molecule is C#CC[C@@H](O)C[C@@H](C=C)NC(=O)OC(C)(C)C.C#CC[C@H](C[C@@H](C=C)NC(=O)OC(C)(C)C)OC(C)=O.CC(=O)OC(C)=O. The molecule has 0 rings (SSSR count). The Morgan fingerprint density at radius 3 is 1.41 bits per heavy atom. The lowest BCUT2D eigenvalue weighted by Crippen LogP contribution is -2.40. The third-order valence-electron chi connectivity index (χ3n) is 4.34. The predicted molar refractivity (Wildman–Crippen MR) is 167 cm³/mol. The van der Waals surface area contributed by atoms with Gasteiger partial charge in [0.15, 0.2) is 0 Å². The molecule has 44 heavy (non-hydrogen) atoms. The second-order valence-electron chi connectivity index (χ2n) is 11.2. The summed E-state index contributed by atoms with van der Waals surface area (Å²) in [4.78, 5) is 53.7. The van der Waals surface area contributed by atoms with Gasteiger partial charge in [0, 0.05) is 40.0 Å². The zero-order valence-corrected chi connectivity index (χ0v) is 27.5. The van der Waals surface area contributed by atoms with Gasteiger partial charge in [-0.3, -0.25) is 14.4 Å². The first-order valence-corrected chi connectivity index (χ1v) is 13.7. The molecule has 0 aliphatic carbocycles. The Kier molecular flexibility index (Phi) is 23.3. The molecule has 2 amide bonds. The second-order valence-corrected chi connectivity index (χ2v) is 11.2. The van der Waals surface area contributed by atoms with Gasteiger partial charge in [0.2, 0.25) is 0 Å². The fraction of sp³-hybridized carbons (Fsp3) is 0.594. The van der Waals surface area contributed by atoms with Gasteiger partial charge in [-0.15, -0.1) is 37.8 Å². The Balaban J connectivity index is -0.000000634. The molecule has 0 bridgehead atoms. The van der Waals surface area contributed by atoms with E-state index >= 15 is 0 Å². The number of aliphatic hydroxyl groups excluding tert-OH is 1. The number of hydrogen-bond donors (Lipinski definition) is 3. The summed E-state index contributed by atoms with van der Waals surface area (Å²) in [5.74, 6) is 3.26. The quantitative estimate of drug-likeness (QED) is 0.0991. The molecule has 0 aromatic carbocycles. The number of amides is 2. The number of rotatable bonds is 11. The Morgan fingerprint density at radius 2 is 1.14 bits per heavy atom. The average molecular weight is 623 g/mol. The van der Waals surface area contributed by atoms with Crippen molar-refractivity contribution in [2.24, 2.45) is 0 Å². The molecule has 0 saturated carbocycles. The molecule has 12 heteroatoms. The molecule has 0 aromatic heterocycles. The fourth-order valence-corrected chi connectivity index (χ4v) is 2.88. The molecule has 0 saturated heterocycles. The number of esters is 3. The second kappa shape index (κ2) is 23.2. The lowest BCUT2D eigenvalue weighted by Gasteiger charge is -2.24. The highest BCUT2D eigenvalue weighted by atomic mass is 16.6. The number of carbonyl (C=O) groups excluding carboxylic acids is 5. The van der Waals surface area contributed by atoms with E-state index in [4.69, 9.17) is 27.1 Å². The van der Waals surface area contributed by atoms with Crippen molar-refractivity contribution in [3.05, 3.63) is 25.3 Å². The highest BCUT2D eigenvalue weighted by molar-refractivity contribution is 5.82.